The highest BCUT2D eigenvalue weighted by atomic mass is 35.5. The second-order valence-corrected chi connectivity index (χ2v) is 13.0. The third kappa shape index (κ3) is 5.68. The van der Waals surface area contributed by atoms with Crippen LogP contribution >= 0.6 is 22.9 Å². The normalized spacial score (nSPS) is 14.3. The lowest BCUT2D eigenvalue weighted by molar-refractivity contribution is -0.137. The minimum atomic E-state index is -4.74. The molecule has 3 aromatic heterocycles. The van der Waals surface area contributed by atoms with E-state index < -0.39 is 17.3 Å². The Kier molecular flexibility index (Phi) is 8.43. The first kappa shape index (κ1) is 31.8. The number of ether oxygens (including phenoxy) is 1. The zero-order valence-corrected chi connectivity index (χ0v) is 27.2. The van der Waals surface area contributed by atoms with Crippen molar-refractivity contribution in [1.29, 1.82) is 5.26 Å². The molecule has 1 aliphatic rings. The molecule has 0 aliphatic carbocycles. The smallest absolute Gasteiger partial charge is 0.418 e. The van der Waals surface area contributed by atoms with Crippen LogP contribution in [0.1, 0.15) is 27.4 Å². The van der Waals surface area contributed by atoms with Crippen molar-refractivity contribution in [2.75, 3.05) is 44.7 Å². The number of rotatable bonds is 6. The highest BCUT2D eigenvalue weighted by Gasteiger charge is 2.38. The number of hydrogen-bond donors (Lipinski definition) is 0. The van der Waals surface area contributed by atoms with Crippen LogP contribution in [-0.4, -0.2) is 59.3 Å². The molecule has 0 unspecified atom stereocenters. The minimum absolute atomic E-state index is 0.0487. The van der Waals surface area contributed by atoms with Gasteiger partial charge in [-0.15, -0.1) is 11.3 Å². The van der Waals surface area contributed by atoms with Crippen LogP contribution in [0.25, 0.3) is 32.2 Å². The molecule has 0 bridgehead atoms. The number of pyridine rings is 1. The molecule has 0 saturated carbocycles. The summed E-state index contributed by atoms with van der Waals surface area (Å²) in [7, 11) is 1.88. The van der Waals surface area contributed by atoms with Crippen LogP contribution in [0.5, 0.6) is 5.75 Å². The van der Waals surface area contributed by atoms with Crippen LogP contribution in [0.2, 0.25) is 5.02 Å². The number of fused-ring (bicyclic) bond motifs is 2. The van der Waals surface area contributed by atoms with E-state index in [1.807, 2.05) is 44.0 Å². The zero-order chi connectivity index (χ0) is 32.9. The van der Waals surface area contributed by atoms with E-state index in [2.05, 4.69) is 9.97 Å². The summed E-state index contributed by atoms with van der Waals surface area (Å²) in [5.74, 6) is 0.757. The summed E-state index contributed by atoms with van der Waals surface area (Å²) < 4.78 is 51.6. The van der Waals surface area contributed by atoms with E-state index in [1.165, 1.54) is 4.57 Å². The monoisotopic (exact) mass is 666 g/mol. The molecule has 238 valence electrons. The first-order valence-electron chi connectivity index (χ1n) is 14.7. The molecule has 4 heterocycles. The lowest BCUT2D eigenvalue weighted by Crippen LogP contribution is -2.45. The lowest BCUT2D eigenvalue weighted by atomic mass is 10.00. The van der Waals surface area contributed by atoms with Crippen molar-refractivity contribution in [2.24, 2.45) is 0 Å². The number of benzene rings is 2. The van der Waals surface area contributed by atoms with Crippen LogP contribution in [0.4, 0.5) is 18.9 Å². The SMILES string of the molecule is Cc1sc2c(-c3cc(Cl)ccc3OCCn3c(C)nc4cc(C(F)(F)F)c(N5CCN(C)CC5)c(C#N)c4c3=O)ccnc2c1C. The fourth-order valence-corrected chi connectivity index (χ4v) is 7.26. The van der Waals surface area contributed by atoms with Crippen LogP contribution in [0.15, 0.2) is 41.3 Å². The summed E-state index contributed by atoms with van der Waals surface area (Å²) in [5.41, 5.74) is 1.40. The number of aryl methyl sites for hydroxylation is 3. The molecule has 2 aromatic carbocycles. The van der Waals surface area contributed by atoms with Gasteiger partial charge in [-0.3, -0.25) is 14.3 Å². The van der Waals surface area contributed by atoms with Gasteiger partial charge >= 0.3 is 6.18 Å². The molecule has 0 atom stereocenters. The number of hydrogen-bond acceptors (Lipinski definition) is 8. The fraction of sp³-hybridized carbons (Fsp3) is 0.333. The Hall–Kier alpha value is -4.18. The molecule has 1 saturated heterocycles. The number of aromatic nitrogens is 3. The Morgan fingerprint density at radius 1 is 1.09 bits per heavy atom. The maximum Gasteiger partial charge on any atom is 0.418 e. The van der Waals surface area contributed by atoms with Gasteiger partial charge in [-0.05, 0) is 63.7 Å². The quantitative estimate of drug-likeness (QED) is 0.193. The Morgan fingerprint density at radius 3 is 2.52 bits per heavy atom. The molecule has 1 fully saturated rings. The summed E-state index contributed by atoms with van der Waals surface area (Å²) in [4.78, 5) is 27.6. The molecule has 0 N–H and O–H groups in total. The average Bonchev–Trinajstić information content (AvgIpc) is 3.31. The van der Waals surface area contributed by atoms with Gasteiger partial charge < -0.3 is 14.5 Å². The van der Waals surface area contributed by atoms with Gasteiger partial charge in [0.2, 0.25) is 0 Å². The molecule has 5 aromatic rings. The number of nitriles is 1. The fourth-order valence-electron chi connectivity index (χ4n) is 5.94. The van der Waals surface area contributed by atoms with Crippen molar-refractivity contribution in [3.63, 3.8) is 0 Å². The van der Waals surface area contributed by atoms with E-state index in [1.54, 1.807) is 41.5 Å². The lowest BCUT2D eigenvalue weighted by Gasteiger charge is -2.36. The second-order valence-electron chi connectivity index (χ2n) is 11.4. The van der Waals surface area contributed by atoms with Gasteiger partial charge in [0.25, 0.3) is 5.56 Å². The van der Waals surface area contributed by atoms with Gasteiger partial charge in [0, 0.05) is 53.4 Å². The summed E-state index contributed by atoms with van der Waals surface area (Å²) in [6.45, 7) is 7.37. The first-order chi connectivity index (χ1) is 21.9. The van der Waals surface area contributed by atoms with Crippen molar-refractivity contribution in [3.05, 3.63) is 79.3 Å². The van der Waals surface area contributed by atoms with Crippen molar-refractivity contribution in [3.8, 4) is 22.9 Å². The van der Waals surface area contributed by atoms with E-state index in [0.717, 1.165) is 37.9 Å². The number of piperazine rings is 1. The van der Waals surface area contributed by atoms with Crippen LogP contribution in [0.3, 0.4) is 0 Å². The highest BCUT2D eigenvalue weighted by molar-refractivity contribution is 7.19. The molecule has 46 heavy (non-hydrogen) atoms. The summed E-state index contributed by atoms with van der Waals surface area (Å²) >= 11 is 8.04. The number of anilines is 1. The maximum absolute atomic E-state index is 14.3. The van der Waals surface area contributed by atoms with Gasteiger partial charge in [-0.2, -0.15) is 18.4 Å². The highest BCUT2D eigenvalue weighted by Crippen LogP contribution is 2.42. The molecular formula is C33H30ClF3N6O2S. The Morgan fingerprint density at radius 2 is 1.83 bits per heavy atom. The van der Waals surface area contributed by atoms with E-state index in [4.69, 9.17) is 16.3 Å². The molecule has 13 heteroatoms. The topological polar surface area (TPSA) is 87.3 Å². The van der Waals surface area contributed by atoms with Crippen molar-refractivity contribution >= 4 is 49.7 Å². The molecule has 1 aliphatic heterocycles. The van der Waals surface area contributed by atoms with E-state index in [0.29, 0.717) is 37.0 Å². The molecule has 8 nitrogen and oxygen atoms in total. The third-order valence-corrected chi connectivity index (χ3v) is 9.96. The molecule has 0 spiro atoms. The van der Waals surface area contributed by atoms with Crippen molar-refractivity contribution in [1.82, 2.24) is 19.4 Å². The first-order valence-corrected chi connectivity index (χ1v) is 15.8. The number of alkyl halides is 3. The molecule has 6 rings (SSSR count). The van der Waals surface area contributed by atoms with Gasteiger partial charge in [0.15, 0.2) is 0 Å². The van der Waals surface area contributed by atoms with Crippen LogP contribution in [-0.2, 0) is 12.7 Å². The summed E-state index contributed by atoms with van der Waals surface area (Å²) in [5, 5.41) is 10.6. The predicted molar refractivity (Wildman–Crippen MR) is 175 cm³/mol. The molecular weight excluding hydrogens is 637 g/mol. The minimum Gasteiger partial charge on any atom is -0.491 e. The predicted octanol–water partition coefficient (Wildman–Crippen LogP) is 6.97. The van der Waals surface area contributed by atoms with Crippen molar-refractivity contribution < 1.29 is 17.9 Å². The molecule has 0 radical (unpaired) electrons. The van der Waals surface area contributed by atoms with E-state index in [9.17, 15) is 23.2 Å². The zero-order valence-electron chi connectivity index (χ0n) is 25.6. The second kappa shape index (κ2) is 12.2. The van der Waals surface area contributed by atoms with Gasteiger partial charge in [-0.1, -0.05) is 11.6 Å². The van der Waals surface area contributed by atoms with Crippen LogP contribution < -0.4 is 15.2 Å². The average molecular weight is 667 g/mol. The van der Waals surface area contributed by atoms with Gasteiger partial charge in [0.1, 0.15) is 24.3 Å². The van der Waals surface area contributed by atoms with Gasteiger partial charge in [0.05, 0.1) is 44.5 Å². The van der Waals surface area contributed by atoms with Gasteiger partial charge in [-0.25, -0.2) is 4.98 Å². The summed E-state index contributed by atoms with van der Waals surface area (Å²) in [6, 6.07) is 10.0. The number of likely N-dealkylation sites (N-methyl/N-ethyl adjacent to an activating group) is 1. The Labute approximate surface area is 272 Å². The van der Waals surface area contributed by atoms with E-state index in [-0.39, 0.29) is 41.1 Å². The maximum atomic E-state index is 14.3. The number of halogens is 4. The third-order valence-electron chi connectivity index (χ3n) is 8.49. The van der Waals surface area contributed by atoms with Crippen molar-refractivity contribution in [2.45, 2.75) is 33.5 Å². The largest absolute Gasteiger partial charge is 0.491 e. The number of nitrogens with zero attached hydrogens (tertiary/aromatic N) is 6. The summed E-state index contributed by atoms with van der Waals surface area (Å²) in [6.07, 6.45) is -2.99. The Bertz CT molecular complexity index is 2090. The number of thiophene rings is 1. The Balaban J connectivity index is 1.38. The van der Waals surface area contributed by atoms with Crippen LogP contribution in [0, 0.1) is 32.1 Å². The molecule has 0 amide bonds. The van der Waals surface area contributed by atoms with E-state index >= 15 is 0 Å². The standard InChI is InChI=1S/C33H30ClF3N6O2S/c1-18-19(2)46-31-22(7-8-39-29(18)31)23-15-21(34)5-6-27(23)45-14-13-43-20(3)40-26-16-25(33(35,36)37)30(24(17-38)28(26)32(43)44)42-11-9-41(4)10-12-42/h5-8,15-16H,9-14H2,1-4H3.